The fourth-order valence-electron chi connectivity index (χ4n) is 2.79. The number of methoxy groups -OCH3 is 1. The number of hydrogen-bond donors (Lipinski definition) is 1. The number of carbonyl (C=O) groups excluding carboxylic acids is 2. The zero-order chi connectivity index (χ0) is 21.7. The predicted molar refractivity (Wildman–Crippen MR) is 118 cm³/mol. The lowest BCUT2D eigenvalue weighted by Crippen LogP contribution is -2.32. The number of amides is 2. The molecule has 7 nitrogen and oxygen atoms in total. The zero-order valence-electron chi connectivity index (χ0n) is 16.4. The van der Waals surface area contributed by atoms with E-state index in [4.69, 9.17) is 14.2 Å². The number of nitrogens with zero attached hydrogens (tertiary/aromatic N) is 1. The van der Waals surface area contributed by atoms with Gasteiger partial charge in [-0.3, -0.25) is 14.5 Å². The summed E-state index contributed by atoms with van der Waals surface area (Å²) in [4.78, 5) is 26.4. The van der Waals surface area contributed by atoms with Crippen LogP contribution < -0.4 is 14.2 Å². The highest BCUT2D eigenvalue weighted by Crippen LogP contribution is 2.38. The summed E-state index contributed by atoms with van der Waals surface area (Å²) in [5.41, 5.74) is 0.378. The van der Waals surface area contributed by atoms with Crippen molar-refractivity contribution in [1.82, 2.24) is 4.90 Å². The Bertz CT molecular complexity index is 993. The molecule has 30 heavy (non-hydrogen) atoms. The Morgan fingerprint density at radius 1 is 1.13 bits per heavy atom. The average Bonchev–Trinajstić information content (AvgIpc) is 2.99. The molecule has 0 aliphatic carbocycles. The number of phenolic OH excluding ortho intramolecular Hbond substituents is 1. The van der Waals surface area contributed by atoms with Crippen molar-refractivity contribution in [2.45, 2.75) is 6.92 Å². The number of phenols is 1. The lowest BCUT2D eigenvalue weighted by Gasteiger charge is -2.14. The van der Waals surface area contributed by atoms with E-state index < -0.39 is 11.1 Å². The molecular formula is C21H20BrNO6S. The van der Waals surface area contributed by atoms with Gasteiger partial charge in [-0.25, -0.2) is 0 Å². The molecule has 0 aromatic heterocycles. The second kappa shape index (κ2) is 9.90. The monoisotopic (exact) mass is 493 g/mol. The van der Waals surface area contributed by atoms with Crippen LogP contribution in [0.5, 0.6) is 23.0 Å². The van der Waals surface area contributed by atoms with Gasteiger partial charge >= 0.3 is 0 Å². The van der Waals surface area contributed by atoms with E-state index in [0.717, 1.165) is 16.7 Å². The number of halogens is 1. The summed E-state index contributed by atoms with van der Waals surface area (Å²) in [7, 11) is 1.54. The average molecular weight is 494 g/mol. The van der Waals surface area contributed by atoms with Crippen molar-refractivity contribution >= 4 is 44.9 Å². The van der Waals surface area contributed by atoms with Gasteiger partial charge in [-0.05, 0) is 49.0 Å². The van der Waals surface area contributed by atoms with Crippen molar-refractivity contribution in [3.8, 4) is 23.0 Å². The molecule has 1 fully saturated rings. The molecule has 0 spiro atoms. The summed E-state index contributed by atoms with van der Waals surface area (Å²) in [5, 5.41) is 10.0. The van der Waals surface area contributed by atoms with Crippen LogP contribution in [0.15, 0.2) is 45.8 Å². The zero-order valence-corrected chi connectivity index (χ0v) is 18.8. The van der Waals surface area contributed by atoms with E-state index in [-0.39, 0.29) is 23.8 Å². The minimum Gasteiger partial charge on any atom is -0.504 e. The van der Waals surface area contributed by atoms with Gasteiger partial charge in [0, 0.05) is 10.0 Å². The van der Waals surface area contributed by atoms with Gasteiger partial charge in [0.25, 0.3) is 11.1 Å². The van der Waals surface area contributed by atoms with Gasteiger partial charge in [-0.15, -0.1) is 0 Å². The lowest BCUT2D eigenvalue weighted by atomic mass is 10.1. The maximum atomic E-state index is 12.7. The molecule has 2 aromatic rings. The molecule has 9 heteroatoms. The molecule has 0 atom stereocenters. The highest BCUT2D eigenvalue weighted by Gasteiger charge is 2.35. The maximum absolute atomic E-state index is 12.7. The van der Waals surface area contributed by atoms with Gasteiger partial charge in [0.15, 0.2) is 23.0 Å². The van der Waals surface area contributed by atoms with Gasteiger partial charge < -0.3 is 19.3 Å². The Hall–Kier alpha value is -2.65. The Kier molecular flexibility index (Phi) is 7.28. The summed E-state index contributed by atoms with van der Waals surface area (Å²) in [6, 6.07) is 10.4. The fraction of sp³-hybridized carbons (Fsp3) is 0.238. The topological polar surface area (TPSA) is 85.3 Å². The first-order chi connectivity index (χ1) is 14.4. The van der Waals surface area contributed by atoms with E-state index in [2.05, 4.69) is 15.9 Å². The molecule has 2 amide bonds. The van der Waals surface area contributed by atoms with E-state index in [0.29, 0.717) is 33.9 Å². The molecule has 158 valence electrons. The molecule has 1 N–H and O–H groups in total. The van der Waals surface area contributed by atoms with Crippen molar-refractivity contribution in [3.05, 3.63) is 51.3 Å². The van der Waals surface area contributed by atoms with Gasteiger partial charge in [0.05, 0.1) is 25.2 Å². The highest BCUT2D eigenvalue weighted by molar-refractivity contribution is 9.10. The number of hydrogen-bond acceptors (Lipinski definition) is 7. The molecule has 0 unspecified atom stereocenters. The summed E-state index contributed by atoms with van der Waals surface area (Å²) in [6.45, 7) is 2.40. The van der Waals surface area contributed by atoms with Gasteiger partial charge in [0.1, 0.15) is 6.61 Å². The van der Waals surface area contributed by atoms with Gasteiger partial charge in [0.2, 0.25) is 0 Å². The smallest absolute Gasteiger partial charge is 0.293 e. The molecule has 1 aliphatic rings. The summed E-state index contributed by atoms with van der Waals surface area (Å²) in [6.07, 6.45) is 1.48. The number of rotatable bonds is 8. The molecule has 2 aromatic carbocycles. The number of para-hydroxylation sites is 2. The molecule has 3 rings (SSSR count). The maximum Gasteiger partial charge on any atom is 0.293 e. The molecule has 0 radical (unpaired) electrons. The van der Waals surface area contributed by atoms with Crippen molar-refractivity contribution in [2.75, 3.05) is 26.9 Å². The van der Waals surface area contributed by atoms with Crippen LogP contribution in [-0.4, -0.2) is 48.0 Å². The van der Waals surface area contributed by atoms with E-state index in [1.807, 2.05) is 12.1 Å². The highest BCUT2D eigenvalue weighted by atomic mass is 79.9. The van der Waals surface area contributed by atoms with E-state index >= 15 is 0 Å². The van der Waals surface area contributed by atoms with Crippen molar-refractivity contribution < 1.29 is 28.9 Å². The first-order valence-electron chi connectivity index (χ1n) is 9.11. The number of ether oxygens (including phenoxy) is 3. The van der Waals surface area contributed by atoms with Crippen LogP contribution >= 0.6 is 27.7 Å². The molecule has 1 saturated heterocycles. The molecule has 1 aliphatic heterocycles. The Labute approximate surface area is 186 Å². The minimum atomic E-state index is -0.439. The Morgan fingerprint density at radius 3 is 2.57 bits per heavy atom. The van der Waals surface area contributed by atoms with Crippen molar-refractivity contribution in [2.24, 2.45) is 0 Å². The number of benzene rings is 2. The Balaban J connectivity index is 1.72. The minimum absolute atomic E-state index is 0.0913. The second-order valence-corrected chi connectivity index (χ2v) is 8.02. The largest absolute Gasteiger partial charge is 0.504 e. The van der Waals surface area contributed by atoms with E-state index in [9.17, 15) is 14.7 Å². The first-order valence-corrected chi connectivity index (χ1v) is 10.7. The summed E-state index contributed by atoms with van der Waals surface area (Å²) in [5.74, 6) is 0.867. The van der Waals surface area contributed by atoms with Crippen LogP contribution in [0.2, 0.25) is 0 Å². The van der Waals surface area contributed by atoms with Crippen molar-refractivity contribution in [1.29, 1.82) is 0 Å². The van der Waals surface area contributed by atoms with E-state index in [1.54, 1.807) is 31.2 Å². The third-order valence-electron chi connectivity index (χ3n) is 4.17. The molecule has 0 saturated carbocycles. The lowest BCUT2D eigenvalue weighted by molar-refractivity contribution is -0.123. The summed E-state index contributed by atoms with van der Waals surface area (Å²) >= 11 is 4.17. The number of aromatic hydroxyl groups is 1. The van der Waals surface area contributed by atoms with Crippen molar-refractivity contribution in [3.63, 3.8) is 0 Å². The SMILES string of the molecule is CCOc1cc(Br)cc(/C=C2\SC(=O)N(CCOc3ccccc3OC)C2=O)c1O. The molecule has 0 bridgehead atoms. The first kappa shape index (κ1) is 22.0. The second-order valence-electron chi connectivity index (χ2n) is 6.11. The number of carbonyl (C=O) groups is 2. The third-order valence-corrected chi connectivity index (χ3v) is 5.54. The van der Waals surface area contributed by atoms with Gasteiger partial charge in [-0.2, -0.15) is 0 Å². The fourth-order valence-corrected chi connectivity index (χ4v) is 4.10. The number of imide groups is 1. The quantitative estimate of drug-likeness (QED) is 0.534. The van der Waals surface area contributed by atoms with Crippen LogP contribution in [0.1, 0.15) is 12.5 Å². The standard InChI is InChI=1S/C21H20BrNO6S/c1-3-28-17-12-14(22)10-13(19(17)24)11-18-20(25)23(21(26)30-18)8-9-29-16-7-5-4-6-15(16)27-2/h4-7,10-12,24H,3,8-9H2,1-2H3/b18-11-. The van der Waals surface area contributed by atoms with Gasteiger partial charge in [-0.1, -0.05) is 28.1 Å². The number of thioether (sulfide) groups is 1. The van der Waals surface area contributed by atoms with Crippen LogP contribution in [0.4, 0.5) is 4.79 Å². The molecular weight excluding hydrogens is 474 g/mol. The Morgan fingerprint density at radius 2 is 1.87 bits per heavy atom. The predicted octanol–water partition coefficient (Wildman–Crippen LogP) is 4.68. The van der Waals surface area contributed by atoms with Crippen LogP contribution in [0.3, 0.4) is 0 Å². The van der Waals surface area contributed by atoms with Crippen LogP contribution in [0.25, 0.3) is 6.08 Å². The van der Waals surface area contributed by atoms with Crippen LogP contribution in [-0.2, 0) is 4.79 Å². The van der Waals surface area contributed by atoms with Crippen LogP contribution in [0, 0.1) is 0 Å². The molecule has 1 heterocycles. The van der Waals surface area contributed by atoms with E-state index in [1.165, 1.54) is 13.2 Å². The normalized spacial score (nSPS) is 15.0. The summed E-state index contributed by atoms with van der Waals surface area (Å²) < 4.78 is 17.0. The third kappa shape index (κ3) is 4.91.